The molecule has 110 valence electrons. The fraction of sp³-hybridized carbons (Fsp3) is 0.533. The third-order valence-electron chi connectivity index (χ3n) is 4.47. The molecule has 1 fully saturated rings. The largest absolute Gasteiger partial charge is 0.480 e. The van der Waals surface area contributed by atoms with Crippen LogP contribution in [-0.4, -0.2) is 33.6 Å². The molecule has 1 N–H and O–H groups in total. The number of fused-ring (bicyclic) bond motifs is 3. The monoisotopic (exact) mass is 303 g/mol. The summed E-state index contributed by atoms with van der Waals surface area (Å²) < 4.78 is 0. The van der Waals surface area contributed by atoms with Gasteiger partial charge in [-0.25, -0.2) is 14.8 Å². The lowest BCUT2D eigenvalue weighted by Crippen LogP contribution is -2.36. The van der Waals surface area contributed by atoms with Crippen molar-refractivity contribution in [3.05, 3.63) is 16.3 Å². The van der Waals surface area contributed by atoms with Crippen molar-refractivity contribution in [3.63, 3.8) is 0 Å². The first-order valence-electron chi connectivity index (χ1n) is 7.43. The van der Waals surface area contributed by atoms with Crippen LogP contribution >= 0.6 is 11.3 Å². The van der Waals surface area contributed by atoms with Crippen LogP contribution in [0.1, 0.15) is 35.5 Å². The summed E-state index contributed by atoms with van der Waals surface area (Å²) in [6.45, 7) is 2.66. The van der Waals surface area contributed by atoms with Crippen molar-refractivity contribution in [2.24, 2.45) is 0 Å². The number of rotatable bonds is 2. The van der Waals surface area contributed by atoms with Crippen LogP contribution in [0.5, 0.6) is 0 Å². The lowest BCUT2D eigenvalue weighted by Gasteiger charge is -2.23. The van der Waals surface area contributed by atoms with Crippen molar-refractivity contribution in [3.8, 4) is 0 Å². The van der Waals surface area contributed by atoms with Crippen molar-refractivity contribution in [1.82, 2.24) is 9.97 Å². The molecule has 0 bridgehead atoms. The summed E-state index contributed by atoms with van der Waals surface area (Å²) in [5.74, 6) is 0.832. The summed E-state index contributed by atoms with van der Waals surface area (Å²) >= 11 is 1.76. The fourth-order valence-electron chi connectivity index (χ4n) is 3.57. The highest BCUT2D eigenvalue weighted by molar-refractivity contribution is 7.19. The van der Waals surface area contributed by atoms with Crippen molar-refractivity contribution < 1.29 is 9.90 Å². The zero-order chi connectivity index (χ0) is 14.6. The molecule has 2 aromatic heterocycles. The van der Waals surface area contributed by atoms with Crippen LogP contribution in [-0.2, 0) is 17.6 Å². The molecule has 0 saturated carbocycles. The molecule has 1 unspecified atom stereocenters. The Morgan fingerprint density at radius 3 is 3.00 bits per heavy atom. The molecular formula is C15H17N3O2S. The highest BCUT2D eigenvalue weighted by Crippen LogP contribution is 2.41. The van der Waals surface area contributed by atoms with Crippen LogP contribution in [0.2, 0.25) is 0 Å². The third kappa shape index (κ3) is 1.92. The maximum Gasteiger partial charge on any atom is 0.326 e. The Balaban J connectivity index is 1.93. The average Bonchev–Trinajstić information content (AvgIpc) is 3.11. The first-order chi connectivity index (χ1) is 10.1. The van der Waals surface area contributed by atoms with E-state index in [4.69, 9.17) is 0 Å². The van der Waals surface area contributed by atoms with Gasteiger partial charge in [-0.3, -0.25) is 0 Å². The number of aliphatic carboxylic acids is 1. The van der Waals surface area contributed by atoms with Gasteiger partial charge in [0.1, 0.15) is 22.5 Å². The van der Waals surface area contributed by atoms with Crippen LogP contribution in [0.4, 0.5) is 5.82 Å². The lowest BCUT2D eigenvalue weighted by molar-refractivity contribution is -0.138. The molecule has 4 rings (SSSR count). The molecule has 2 aromatic rings. The third-order valence-corrected chi connectivity index (χ3v) is 5.65. The van der Waals surface area contributed by atoms with E-state index in [1.165, 1.54) is 16.9 Å². The summed E-state index contributed by atoms with van der Waals surface area (Å²) in [5.41, 5.74) is 1.36. The Morgan fingerprint density at radius 2 is 2.19 bits per heavy atom. The van der Waals surface area contributed by atoms with Crippen molar-refractivity contribution in [2.75, 3.05) is 11.4 Å². The molecule has 1 saturated heterocycles. The average molecular weight is 303 g/mol. The Morgan fingerprint density at radius 1 is 1.33 bits per heavy atom. The van der Waals surface area contributed by atoms with E-state index in [2.05, 4.69) is 9.97 Å². The molecule has 1 aliphatic heterocycles. The minimum absolute atomic E-state index is 0.445. The molecule has 1 atom stereocenters. The minimum Gasteiger partial charge on any atom is -0.480 e. The number of aryl methyl sites for hydroxylation is 3. The van der Waals surface area contributed by atoms with Crippen molar-refractivity contribution >= 4 is 33.3 Å². The standard InChI is InChI=1S/C15H17N3O2S/c1-8-16-13(18-7-3-5-10(18)15(19)20)12-9-4-2-6-11(9)21-14(12)17-8/h10H,2-7H2,1H3,(H,19,20). The number of hydrogen-bond acceptors (Lipinski definition) is 5. The first kappa shape index (κ1) is 13.0. The van der Waals surface area contributed by atoms with Gasteiger partial charge in [-0.1, -0.05) is 0 Å². The number of carboxylic acid groups (broad SMARTS) is 1. The van der Waals surface area contributed by atoms with Gasteiger partial charge in [-0.2, -0.15) is 0 Å². The van der Waals surface area contributed by atoms with Gasteiger partial charge in [0.15, 0.2) is 0 Å². The Hall–Kier alpha value is -1.69. The molecule has 6 heteroatoms. The number of carboxylic acids is 1. The highest BCUT2D eigenvalue weighted by atomic mass is 32.1. The number of thiophene rings is 1. The molecular weight excluding hydrogens is 286 g/mol. The highest BCUT2D eigenvalue weighted by Gasteiger charge is 2.34. The van der Waals surface area contributed by atoms with Gasteiger partial charge < -0.3 is 10.0 Å². The van der Waals surface area contributed by atoms with Gasteiger partial charge in [0.05, 0.1) is 5.39 Å². The van der Waals surface area contributed by atoms with Crippen LogP contribution in [0.3, 0.4) is 0 Å². The van der Waals surface area contributed by atoms with Gasteiger partial charge in [0.25, 0.3) is 0 Å². The van der Waals surface area contributed by atoms with Crippen LogP contribution in [0.15, 0.2) is 0 Å². The predicted octanol–water partition coefficient (Wildman–Crippen LogP) is 2.54. The second kappa shape index (κ2) is 4.66. The second-order valence-electron chi connectivity index (χ2n) is 5.82. The number of carbonyl (C=O) groups is 1. The molecule has 2 aliphatic rings. The van der Waals surface area contributed by atoms with Crippen LogP contribution < -0.4 is 4.90 Å². The van der Waals surface area contributed by atoms with Gasteiger partial charge in [0, 0.05) is 11.4 Å². The lowest BCUT2D eigenvalue weighted by atomic mass is 10.1. The van der Waals surface area contributed by atoms with Crippen LogP contribution in [0, 0.1) is 6.92 Å². The van der Waals surface area contributed by atoms with E-state index in [-0.39, 0.29) is 0 Å². The summed E-state index contributed by atoms with van der Waals surface area (Å²) in [6.07, 6.45) is 4.99. The molecule has 3 heterocycles. The zero-order valence-corrected chi connectivity index (χ0v) is 12.7. The Kier molecular flexibility index (Phi) is 2.89. The summed E-state index contributed by atoms with van der Waals surface area (Å²) in [7, 11) is 0. The van der Waals surface area contributed by atoms with E-state index >= 15 is 0 Å². The Bertz CT molecular complexity index is 740. The van der Waals surface area contributed by atoms with Gasteiger partial charge in [0.2, 0.25) is 0 Å². The second-order valence-corrected chi connectivity index (χ2v) is 6.91. The minimum atomic E-state index is -0.746. The number of aromatic nitrogens is 2. The topological polar surface area (TPSA) is 66.3 Å². The van der Waals surface area contributed by atoms with Gasteiger partial charge in [-0.05, 0) is 44.6 Å². The van der Waals surface area contributed by atoms with Gasteiger partial charge in [-0.15, -0.1) is 11.3 Å². The molecule has 1 aliphatic carbocycles. The van der Waals surface area contributed by atoms with Crippen molar-refractivity contribution in [1.29, 1.82) is 0 Å². The van der Waals surface area contributed by atoms with E-state index in [1.54, 1.807) is 11.3 Å². The predicted molar refractivity (Wildman–Crippen MR) is 82.2 cm³/mol. The van der Waals surface area contributed by atoms with E-state index in [1.807, 2.05) is 11.8 Å². The van der Waals surface area contributed by atoms with Crippen molar-refractivity contribution in [2.45, 2.75) is 45.1 Å². The molecule has 5 nitrogen and oxygen atoms in total. The van der Waals surface area contributed by atoms with E-state index in [0.717, 1.165) is 47.7 Å². The number of hydrogen-bond donors (Lipinski definition) is 1. The molecule has 21 heavy (non-hydrogen) atoms. The summed E-state index contributed by atoms with van der Waals surface area (Å²) in [4.78, 5) is 25.1. The SMILES string of the molecule is Cc1nc(N2CCCC2C(=O)O)c2c3c(sc2n1)CCC3. The zero-order valence-electron chi connectivity index (χ0n) is 11.9. The smallest absolute Gasteiger partial charge is 0.326 e. The number of anilines is 1. The summed E-state index contributed by atoms with van der Waals surface area (Å²) in [6, 6.07) is -0.445. The maximum atomic E-state index is 11.5. The Labute approximate surface area is 126 Å². The quantitative estimate of drug-likeness (QED) is 0.923. The first-order valence-corrected chi connectivity index (χ1v) is 8.25. The van der Waals surface area contributed by atoms with Crippen LogP contribution in [0.25, 0.3) is 10.2 Å². The van der Waals surface area contributed by atoms with E-state index in [9.17, 15) is 9.90 Å². The summed E-state index contributed by atoms with van der Waals surface area (Å²) in [5, 5.41) is 10.6. The number of nitrogens with zero attached hydrogens (tertiary/aromatic N) is 3. The van der Waals surface area contributed by atoms with E-state index in [0.29, 0.717) is 6.42 Å². The molecule has 0 amide bonds. The molecule has 0 radical (unpaired) electrons. The normalized spacial score (nSPS) is 21.2. The maximum absolute atomic E-state index is 11.5. The van der Waals surface area contributed by atoms with Gasteiger partial charge >= 0.3 is 5.97 Å². The fourth-order valence-corrected chi connectivity index (χ4v) is 4.87. The van der Waals surface area contributed by atoms with E-state index < -0.39 is 12.0 Å². The molecule has 0 spiro atoms. The molecule has 0 aromatic carbocycles.